The van der Waals surface area contributed by atoms with Crippen LogP contribution in [0.5, 0.6) is 0 Å². The molecule has 0 radical (unpaired) electrons. The van der Waals surface area contributed by atoms with Crippen molar-refractivity contribution in [1.29, 1.82) is 0 Å². The molecule has 3 rings (SSSR count). The standard InChI is InChI=1S/C15H24N2O/c1-15(2,3)17-8-13-14(18-9-16-13)12-7-10-4-5-11(12)6-10/h9-12,17H,4-8H2,1-3H3. The number of fused-ring (bicyclic) bond motifs is 2. The van der Waals surface area contributed by atoms with Crippen LogP contribution in [0.3, 0.4) is 0 Å². The van der Waals surface area contributed by atoms with Crippen molar-refractivity contribution in [3.8, 4) is 0 Å². The number of nitrogens with one attached hydrogen (secondary N) is 1. The molecule has 0 amide bonds. The first-order valence-corrected chi connectivity index (χ1v) is 7.20. The summed E-state index contributed by atoms with van der Waals surface area (Å²) in [5, 5.41) is 3.51. The quantitative estimate of drug-likeness (QED) is 0.890. The molecule has 100 valence electrons. The Hall–Kier alpha value is -0.830. The fraction of sp³-hybridized carbons (Fsp3) is 0.800. The zero-order chi connectivity index (χ0) is 12.8. The van der Waals surface area contributed by atoms with E-state index >= 15 is 0 Å². The summed E-state index contributed by atoms with van der Waals surface area (Å²) >= 11 is 0. The van der Waals surface area contributed by atoms with Gasteiger partial charge in [0.2, 0.25) is 0 Å². The number of nitrogens with zero attached hydrogens (tertiary/aromatic N) is 1. The normalized spacial score (nSPS) is 31.2. The molecule has 1 N–H and O–H groups in total. The average Bonchev–Trinajstić information content (AvgIpc) is 3.00. The third-order valence-electron chi connectivity index (χ3n) is 4.53. The van der Waals surface area contributed by atoms with Crippen LogP contribution >= 0.6 is 0 Å². The predicted octanol–water partition coefficient (Wildman–Crippen LogP) is 3.47. The van der Waals surface area contributed by atoms with Crippen molar-refractivity contribution < 1.29 is 4.42 Å². The molecular formula is C15H24N2O. The smallest absolute Gasteiger partial charge is 0.181 e. The zero-order valence-electron chi connectivity index (χ0n) is 11.7. The van der Waals surface area contributed by atoms with Gasteiger partial charge in [-0.2, -0.15) is 0 Å². The number of hydrogen-bond donors (Lipinski definition) is 1. The third kappa shape index (κ3) is 2.33. The maximum Gasteiger partial charge on any atom is 0.181 e. The second-order valence-corrected chi connectivity index (χ2v) is 7.05. The first-order valence-electron chi connectivity index (χ1n) is 7.20. The van der Waals surface area contributed by atoms with E-state index in [1.54, 1.807) is 6.39 Å². The summed E-state index contributed by atoms with van der Waals surface area (Å²) in [4.78, 5) is 4.42. The van der Waals surface area contributed by atoms with Crippen LogP contribution in [0.15, 0.2) is 10.8 Å². The lowest BCUT2D eigenvalue weighted by Crippen LogP contribution is -2.35. The molecule has 3 atom stereocenters. The van der Waals surface area contributed by atoms with E-state index in [0.717, 1.165) is 24.1 Å². The van der Waals surface area contributed by atoms with Gasteiger partial charge in [0.25, 0.3) is 0 Å². The number of oxazole rings is 1. The molecule has 3 unspecified atom stereocenters. The van der Waals surface area contributed by atoms with E-state index in [2.05, 4.69) is 31.1 Å². The van der Waals surface area contributed by atoms with Crippen molar-refractivity contribution in [3.05, 3.63) is 17.8 Å². The van der Waals surface area contributed by atoms with Crippen LogP contribution in [-0.4, -0.2) is 10.5 Å². The van der Waals surface area contributed by atoms with Gasteiger partial charge in [0.15, 0.2) is 6.39 Å². The molecule has 1 aromatic heterocycles. The van der Waals surface area contributed by atoms with Crippen molar-refractivity contribution in [2.45, 2.75) is 64.5 Å². The number of aromatic nitrogens is 1. The van der Waals surface area contributed by atoms with Crippen LogP contribution in [0.1, 0.15) is 63.8 Å². The fourth-order valence-electron chi connectivity index (χ4n) is 3.63. The van der Waals surface area contributed by atoms with Crippen LogP contribution in [-0.2, 0) is 6.54 Å². The lowest BCUT2D eigenvalue weighted by atomic mass is 9.86. The monoisotopic (exact) mass is 248 g/mol. The lowest BCUT2D eigenvalue weighted by Gasteiger charge is -2.22. The second-order valence-electron chi connectivity index (χ2n) is 7.05. The van der Waals surface area contributed by atoms with Gasteiger partial charge in [0.1, 0.15) is 5.76 Å². The van der Waals surface area contributed by atoms with Crippen molar-refractivity contribution >= 4 is 0 Å². The maximum absolute atomic E-state index is 5.72. The van der Waals surface area contributed by atoms with Gasteiger partial charge < -0.3 is 9.73 Å². The minimum Gasteiger partial charge on any atom is -0.448 e. The van der Waals surface area contributed by atoms with Crippen LogP contribution in [0.25, 0.3) is 0 Å². The minimum atomic E-state index is 0.130. The summed E-state index contributed by atoms with van der Waals surface area (Å²) < 4.78 is 5.72. The van der Waals surface area contributed by atoms with E-state index in [0.29, 0.717) is 5.92 Å². The Labute approximate surface area is 109 Å². The van der Waals surface area contributed by atoms with Crippen LogP contribution in [0.4, 0.5) is 0 Å². The van der Waals surface area contributed by atoms with E-state index in [1.165, 1.54) is 31.4 Å². The van der Waals surface area contributed by atoms with Crippen molar-refractivity contribution in [3.63, 3.8) is 0 Å². The van der Waals surface area contributed by atoms with Gasteiger partial charge in [0, 0.05) is 18.0 Å². The van der Waals surface area contributed by atoms with E-state index in [1.807, 2.05) is 0 Å². The summed E-state index contributed by atoms with van der Waals surface area (Å²) in [6.07, 6.45) is 7.19. The average molecular weight is 248 g/mol. The summed E-state index contributed by atoms with van der Waals surface area (Å²) in [5.74, 6) is 3.62. The molecule has 1 heterocycles. The Morgan fingerprint density at radius 1 is 1.33 bits per heavy atom. The van der Waals surface area contributed by atoms with E-state index in [9.17, 15) is 0 Å². The van der Waals surface area contributed by atoms with E-state index in [4.69, 9.17) is 4.42 Å². The molecule has 2 fully saturated rings. The van der Waals surface area contributed by atoms with Gasteiger partial charge in [-0.3, -0.25) is 0 Å². The van der Waals surface area contributed by atoms with Crippen molar-refractivity contribution in [2.75, 3.05) is 0 Å². The molecule has 18 heavy (non-hydrogen) atoms. The SMILES string of the molecule is CC(C)(C)NCc1ncoc1C1CC2CCC1C2. The highest BCUT2D eigenvalue weighted by atomic mass is 16.3. The van der Waals surface area contributed by atoms with Gasteiger partial charge in [-0.05, 0) is 51.9 Å². The molecule has 0 aliphatic heterocycles. The summed E-state index contributed by atoms with van der Waals surface area (Å²) in [5.41, 5.74) is 1.26. The minimum absolute atomic E-state index is 0.130. The third-order valence-corrected chi connectivity index (χ3v) is 4.53. The fourth-order valence-corrected chi connectivity index (χ4v) is 3.63. The highest BCUT2D eigenvalue weighted by molar-refractivity contribution is 5.17. The Bertz CT molecular complexity index is 418. The molecule has 3 heteroatoms. The molecule has 3 nitrogen and oxygen atoms in total. The topological polar surface area (TPSA) is 38.1 Å². The highest BCUT2D eigenvalue weighted by Gasteiger charge is 2.42. The molecule has 0 spiro atoms. The molecule has 1 aromatic rings. The first kappa shape index (κ1) is 12.2. The molecule has 2 aliphatic rings. The Morgan fingerprint density at radius 3 is 2.78 bits per heavy atom. The van der Waals surface area contributed by atoms with E-state index < -0.39 is 0 Å². The highest BCUT2D eigenvalue weighted by Crippen LogP contribution is 2.53. The maximum atomic E-state index is 5.72. The summed E-state index contributed by atoms with van der Waals surface area (Å²) in [6.45, 7) is 7.38. The largest absolute Gasteiger partial charge is 0.448 e. The van der Waals surface area contributed by atoms with Crippen molar-refractivity contribution in [2.24, 2.45) is 11.8 Å². The summed E-state index contributed by atoms with van der Waals surface area (Å²) in [7, 11) is 0. The lowest BCUT2D eigenvalue weighted by molar-refractivity contribution is 0.349. The molecule has 0 aromatic carbocycles. The number of hydrogen-bond acceptors (Lipinski definition) is 3. The summed E-state index contributed by atoms with van der Waals surface area (Å²) in [6, 6.07) is 0. The Morgan fingerprint density at radius 2 is 2.17 bits per heavy atom. The molecule has 2 bridgehead atoms. The predicted molar refractivity (Wildman–Crippen MR) is 71.3 cm³/mol. The molecule has 0 saturated heterocycles. The van der Waals surface area contributed by atoms with Crippen LogP contribution in [0.2, 0.25) is 0 Å². The van der Waals surface area contributed by atoms with Gasteiger partial charge in [0.05, 0.1) is 5.69 Å². The van der Waals surface area contributed by atoms with Crippen LogP contribution < -0.4 is 5.32 Å². The van der Waals surface area contributed by atoms with E-state index in [-0.39, 0.29) is 5.54 Å². The molecule has 2 aliphatic carbocycles. The van der Waals surface area contributed by atoms with Gasteiger partial charge in [-0.1, -0.05) is 6.42 Å². The Kier molecular flexibility index (Phi) is 2.97. The molecular weight excluding hydrogens is 224 g/mol. The van der Waals surface area contributed by atoms with Gasteiger partial charge in [-0.25, -0.2) is 4.98 Å². The second kappa shape index (κ2) is 4.37. The first-order chi connectivity index (χ1) is 8.53. The van der Waals surface area contributed by atoms with Crippen molar-refractivity contribution in [1.82, 2.24) is 10.3 Å². The zero-order valence-corrected chi connectivity index (χ0v) is 11.7. The van der Waals surface area contributed by atoms with Gasteiger partial charge >= 0.3 is 0 Å². The Balaban J connectivity index is 1.72. The number of rotatable bonds is 3. The molecule has 2 saturated carbocycles. The van der Waals surface area contributed by atoms with Crippen LogP contribution in [0, 0.1) is 11.8 Å². The van der Waals surface area contributed by atoms with Gasteiger partial charge in [-0.15, -0.1) is 0 Å².